The normalized spacial score (nSPS) is 11.2. The van der Waals surface area contributed by atoms with E-state index in [4.69, 9.17) is 19.9 Å². The minimum atomic E-state index is 0.116. The van der Waals surface area contributed by atoms with E-state index in [1.807, 2.05) is 109 Å². The Morgan fingerprint density at radius 3 is 1.15 bits per heavy atom. The van der Waals surface area contributed by atoms with Gasteiger partial charge in [-0.25, -0.2) is 19.9 Å². The van der Waals surface area contributed by atoms with E-state index >= 15 is 0 Å². The molecule has 0 aliphatic rings. The van der Waals surface area contributed by atoms with E-state index < -0.39 is 0 Å². The zero-order valence-corrected chi connectivity index (χ0v) is 35.8. The first kappa shape index (κ1) is 41.3. The molecule has 10 nitrogen and oxygen atoms in total. The molecule has 0 aliphatic heterocycles. The molecule has 0 saturated heterocycles. The summed E-state index contributed by atoms with van der Waals surface area (Å²) in [5.74, 6) is 0.632. The fraction of sp³-hybridized carbons (Fsp3) is 0.0714. The highest BCUT2D eigenvalue weighted by atomic mass is 16.3. The Bertz CT molecular complexity index is 3450. The molecule has 0 aliphatic carbocycles. The van der Waals surface area contributed by atoms with Gasteiger partial charge < -0.3 is 20.4 Å². The fourth-order valence-corrected chi connectivity index (χ4v) is 8.21. The largest absolute Gasteiger partial charge is 0.508 e. The molecule has 0 fully saturated rings. The molecule has 0 spiro atoms. The topological polar surface area (TPSA) is 141 Å². The van der Waals surface area contributed by atoms with Crippen molar-refractivity contribution in [2.45, 2.75) is 25.7 Å². The quantitative estimate of drug-likeness (QED) is 0.106. The van der Waals surface area contributed by atoms with Crippen molar-refractivity contribution in [2.75, 3.05) is 0 Å². The summed E-state index contributed by atoms with van der Waals surface area (Å²) < 4.78 is 3.44. The monoisotopic (exact) mass is 864 g/mol. The number of rotatable bonds is 10. The second-order valence-electron chi connectivity index (χ2n) is 16.2. The van der Waals surface area contributed by atoms with Crippen LogP contribution in [0.25, 0.3) is 44.6 Å². The minimum Gasteiger partial charge on any atom is -0.508 e. The molecular formula is C56H44N6O4. The van der Waals surface area contributed by atoms with Gasteiger partial charge in [0, 0.05) is 49.2 Å². The molecule has 4 heterocycles. The summed E-state index contributed by atoms with van der Waals surface area (Å²) in [6.45, 7) is 0. The first-order valence-electron chi connectivity index (χ1n) is 21.7. The average molecular weight is 865 g/mol. The predicted molar refractivity (Wildman–Crippen MR) is 258 cm³/mol. The Hall–Kier alpha value is -8.76. The number of aromatic nitrogens is 6. The van der Waals surface area contributed by atoms with Gasteiger partial charge in [-0.2, -0.15) is 0 Å². The van der Waals surface area contributed by atoms with E-state index in [1.165, 1.54) is 5.39 Å². The highest BCUT2D eigenvalue weighted by Gasteiger charge is 2.20. The lowest BCUT2D eigenvalue weighted by Crippen LogP contribution is -2.00. The predicted octanol–water partition coefficient (Wildman–Crippen LogP) is 11.1. The maximum Gasteiger partial charge on any atom is 0.219 e. The molecule has 0 bridgehead atoms. The van der Waals surface area contributed by atoms with Crippen LogP contribution in [0.5, 0.6) is 23.3 Å². The van der Waals surface area contributed by atoms with Crippen LogP contribution < -0.4 is 0 Å². The molecule has 0 radical (unpaired) electrons. The Kier molecular flexibility index (Phi) is 11.3. The molecule has 11 aromatic rings. The summed E-state index contributed by atoms with van der Waals surface area (Å²) >= 11 is 0. The summed E-state index contributed by atoms with van der Waals surface area (Å²) in [6, 6.07) is 58.6. The molecule has 322 valence electrons. The maximum absolute atomic E-state index is 11.2. The number of hydrogen-bond donors (Lipinski definition) is 4. The van der Waals surface area contributed by atoms with E-state index in [2.05, 4.69) is 54.6 Å². The first-order chi connectivity index (χ1) is 32.3. The number of nitrogens with zero attached hydrogens (tertiary/aromatic N) is 6. The lowest BCUT2D eigenvalue weighted by atomic mass is 10.0. The molecule has 11 rings (SSSR count). The van der Waals surface area contributed by atoms with Crippen molar-refractivity contribution >= 4 is 22.1 Å². The van der Waals surface area contributed by atoms with Crippen LogP contribution in [0.15, 0.2) is 194 Å². The van der Waals surface area contributed by atoms with Gasteiger partial charge in [-0.15, -0.1) is 0 Å². The van der Waals surface area contributed by atoms with Crippen molar-refractivity contribution in [1.82, 2.24) is 28.7 Å². The van der Waals surface area contributed by atoms with Crippen molar-refractivity contribution in [2.24, 2.45) is 0 Å². The molecule has 4 aromatic heterocycles. The standard InChI is InChI=1S/C30H23N3O2.C26H21N3O2/c34-25-14-12-23(13-15-25)28-19-33-29(26(31-28)17-20-6-2-1-3-7-20)32-27(30(33)35)18-21-10-11-22-8-4-5-9-24(22)16-21;30-21-13-11-20(12-14-21)24-17-29-25(22(27-24)15-18-7-3-1-4-8-18)28-23(26(29)31)16-19-9-5-2-6-10-19/h1-16,19,34-35H,17-18H2;1-14,17,30-31H,15-16H2. The molecule has 0 saturated carbocycles. The third-order valence-electron chi connectivity index (χ3n) is 11.6. The Morgan fingerprint density at radius 2 is 0.712 bits per heavy atom. The third kappa shape index (κ3) is 8.89. The van der Waals surface area contributed by atoms with Crippen LogP contribution in [0.4, 0.5) is 0 Å². The summed E-state index contributed by atoms with van der Waals surface area (Å²) in [5.41, 5.74) is 11.6. The molecule has 7 aromatic carbocycles. The van der Waals surface area contributed by atoms with Crippen molar-refractivity contribution in [3.63, 3.8) is 0 Å². The van der Waals surface area contributed by atoms with Crippen molar-refractivity contribution in [1.29, 1.82) is 0 Å². The first-order valence-corrected chi connectivity index (χ1v) is 21.7. The van der Waals surface area contributed by atoms with Crippen LogP contribution in [-0.2, 0) is 25.7 Å². The summed E-state index contributed by atoms with van der Waals surface area (Å²) in [5, 5.41) is 43.9. The van der Waals surface area contributed by atoms with E-state index in [0.29, 0.717) is 59.8 Å². The molecule has 0 atom stereocenters. The summed E-state index contributed by atoms with van der Waals surface area (Å²) in [7, 11) is 0. The van der Waals surface area contributed by atoms with Gasteiger partial charge in [0.25, 0.3) is 0 Å². The maximum atomic E-state index is 11.2. The lowest BCUT2D eigenvalue weighted by Gasteiger charge is -2.08. The molecule has 66 heavy (non-hydrogen) atoms. The van der Waals surface area contributed by atoms with Crippen molar-refractivity contribution in [3.05, 3.63) is 239 Å². The molecular weight excluding hydrogens is 821 g/mol. The highest BCUT2D eigenvalue weighted by Crippen LogP contribution is 2.31. The number of hydrogen-bond acceptors (Lipinski definition) is 8. The van der Waals surface area contributed by atoms with Crippen LogP contribution in [0.1, 0.15) is 45.0 Å². The third-order valence-corrected chi connectivity index (χ3v) is 11.6. The fourth-order valence-electron chi connectivity index (χ4n) is 8.21. The zero-order valence-electron chi connectivity index (χ0n) is 35.8. The lowest BCUT2D eigenvalue weighted by molar-refractivity contribution is 0.441. The molecule has 0 unspecified atom stereocenters. The van der Waals surface area contributed by atoms with Crippen LogP contribution in [0, 0.1) is 0 Å². The van der Waals surface area contributed by atoms with E-state index in [9.17, 15) is 20.4 Å². The number of phenolic OH excluding ortho intramolecular Hbond substituents is 2. The number of phenols is 2. The van der Waals surface area contributed by atoms with Gasteiger partial charge in [-0.05, 0) is 81.6 Å². The van der Waals surface area contributed by atoms with Crippen LogP contribution in [-0.4, -0.2) is 49.2 Å². The summed E-state index contributed by atoms with van der Waals surface area (Å²) in [6.07, 6.45) is 5.83. The Morgan fingerprint density at radius 1 is 0.333 bits per heavy atom. The molecule has 10 heteroatoms. The van der Waals surface area contributed by atoms with Gasteiger partial charge in [-0.1, -0.05) is 133 Å². The van der Waals surface area contributed by atoms with E-state index in [0.717, 1.165) is 50.2 Å². The zero-order chi connectivity index (χ0) is 45.0. The van der Waals surface area contributed by atoms with Gasteiger partial charge in [-0.3, -0.25) is 8.80 Å². The van der Waals surface area contributed by atoms with Crippen molar-refractivity contribution in [3.8, 4) is 45.8 Å². The Labute approximate surface area is 380 Å². The minimum absolute atomic E-state index is 0.116. The van der Waals surface area contributed by atoms with Gasteiger partial charge in [0.1, 0.15) is 22.9 Å². The van der Waals surface area contributed by atoms with E-state index in [1.54, 1.807) is 39.3 Å². The van der Waals surface area contributed by atoms with E-state index in [-0.39, 0.29) is 23.3 Å². The smallest absolute Gasteiger partial charge is 0.219 e. The van der Waals surface area contributed by atoms with Crippen LogP contribution in [0.3, 0.4) is 0 Å². The number of imidazole rings is 2. The summed E-state index contributed by atoms with van der Waals surface area (Å²) in [4.78, 5) is 19.4. The second kappa shape index (κ2) is 18.1. The Balaban J connectivity index is 0.000000156. The molecule has 4 N–H and O–H groups in total. The van der Waals surface area contributed by atoms with Gasteiger partial charge >= 0.3 is 0 Å². The number of benzene rings is 7. The van der Waals surface area contributed by atoms with Gasteiger partial charge in [0.2, 0.25) is 11.8 Å². The van der Waals surface area contributed by atoms with Gasteiger partial charge in [0.05, 0.1) is 22.8 Å². The van der Waals surface area contributed by atoms with Crippen LogP contribution >= 0.6 is 0 Å². The van der Waals surface area contributed by atoms with Crippen LogP contribution in [0.2, 0.25) is 0 Å². The second-order valence-corrected chi connectivity index (χ2v) is 16.2. The SMILES string of the molecule is Oc1ccc(-c2cn3c(O)c(Cc4ccc5ccccc5c4)nc3c(Cc3ccccc3)n2)cc1.Oc1ccc(-c2cn3c(O)c(Cc4ccccc4)nc3c(Cc3ccccc3)n2)cc1. The average Bonchev–Trinajstić information content (AvgIpc) is 3.84. The molecule has 0 amide bonds. The number of aromatic hydroxyl groups is 4. The number of fused-ring (bicyclic) bond motifs is 3. The highest BCUT2D eigenvalue weighted by molar-refractivity contribution is 5.83. The van der Waals surface area contributed by atoms with Crippen molar-refractivity contribution < 1.29 is 20.4 Å². The van der Waals surface area contributed by atoms with Gasteiger partial charge in [0.15, 0.2) is 11.3 Å².